The van der Waals surface area contributed by atoms with Gasteiger partial charge in [-0.2, -0.15) is 0 Å². The molecule has 2 amide bonds. The third kappa shape index (κ3) is 14.0. The van der Waals surface area contributed by atoms with Crippen molar-refractivity contribution in [2.45, 2.75) is 138 Å². The van der Waals surface area contributed by atoms with E-state index in [1.165, 1.54) is 56.9 Å². The average Bonchev–Trinajstić information content (AvgIpc) is 3.19. The second kappa shape index (κ2) is 23.2. The lowest BCUT2D eigenvalue weighted by Crippen LogP contribution is -2.52. The van der Waals surface area contributed by atoms with E-state index in [0.29, 0.717) is 63.1 Å². The molecule has 4 aliphatic carbocycles. The van der Waals surface area contributed by atoms with Gasteiger partial charge in [0.15, 0.2) is 11.9 Å². The summed E-state index contributed by atoms with van der Waals surface area (Å²) in [5, 5.41) is 2.92. The fourth-order valence-electron chi connectivity index (χ4n) is 10.9. The number of fused-ring (bicyclic) bond motifs is 5. The number of urea groups is 1. The number of esters is 1. The summed E-state index contributed by atoms with van der Waals surface area (Å²) in [7, 11) is 0. The Morgan fingerprint density at radius 3 is 2.17 bits per heavy atom. The van der Waals surface area contributed by atoms with Crippen LogP contribution in [0.15, 0.2) is 50.9 Å². The molecule has 0 spiro atoms. The zero-order valence-electron chi connectivity index (χ0n) is 38.3. The number of carbonyl (C=O) groups excluding carboxylic acids is 2. The molecule has 1 aromatic carbocycles. The van der Waals surface area contributed by atoms with Crippen LogP contribution in [0.5, 0.6) is 0 Å². The third-order valence-electron chi connectivity index (χ3n) is 13.9. The first-order valence-electron chi connectivity index (χ1n) is 23.2. The summed E-state index contributed by atoms with van der Waals surface area (Å²) in [5.41, 5.74) is 25.3. The Morgan fingerprint density at radius 2 is 1.55 bits per heavy atom. The number of nitrogens with one attached hydrogen (secondary N) is 1. The van der Waals surface area contributed by atoms with Crippen LogP contribution in [0.1, 0.15) is 148 Å². The molecule has 8 unspecified atom stereocenters. The highest BCUT2D eigenvalue weighted by molar-refractivity contribution is 5.91. The molecular weight excluding hydrogens is 751 g/mol. The molecule has 4 aliphatic rings. The zero-order valence-corrected chi connectivity index (χ0v) is 38.3. The minimum absolute atomic E-state index is 0.0265. The van der Waals surface area contributed by atoms with Crippen LogP contribution in [0.4, 0.5) is 4.79 Å². The minimum Gasteiger partial charge on any atom is -0.458 e. The highest BCUT2D eigenvalue weighted by Gasteiger charge is 2.56. The molecule has 9 N–H and O–H groups in total. The average molecular weight is 832 g/mol. The summed E-state index contributed by atoms with van der Waals surface area (Å²) in [6.45, 7) is 19.1. The standard InChI is InChI=1S/C44H71N9O3.C4H10/c1-5-8-30(2)33-13-16-37-36-15-14-34-27-35(17-20-44(34,4)38(36)18-19-43(37,3)28-33)56-39(54)32-11-9-31(10-12-32)29-49-23-24-52-42(55)53(25-6-21-50-40(45)46)26-7-22-51-41(47)48;1-4(2)3/h9-12,14,29-30,33,35-38H,5-8,13,15-28H2,1-4H3,(H,52,55)(H4,45,46,50)(H4,47,48,51);4H,1-3H3. The van der Waals surface area contributed by atoms with E-state index in [1.54, 1.807) is 11.1 Å². The van der Waals surface area contributed by atoms with Crippen LogP contribution in [0.2, 0.25) is 0 Å². The fourth-order valence-corrected chi connectivity index (χ4v) is 10.9. The van der Waals surface area contributed by atoms with Crippen LogP contribution in [0.3, 0.4) is 0 Å². The number of ether oxygens (including phenoxy) is 1. The lowest BCUT2D eigenvalue weighted by Gasteiger charge is -2.61. The number of nitrogens with two attached hydrogens (primary N) is 4. The molecule has 5 rings (SSSR count). The molecule has 60 heavy (non-hydrogen) atoms. The Kier molecular flexibility index (Phi) is 18.8. The topological polar surface area (TPSA) is 200 Å². The number of amides is 2. The molecule has 3 fully saturated rings. The van der Waals surface area contributed by atoms with Gasteiger partial charge in [0.1, 0.15) is 6.10 Å². The van der Waals surface area contributed by atoms with Crippen molar-refractivity contribution >= 4 is 30.1 Å². The minimum atomic E-state index is -0.261. The number of carbonyl (C=O) groups is 2. The summed E-state index contributed by atoms with van der Waals surface area (Å²) >= 11 is 0. The van der Waals surface area contributed by atoms with E-state index < -0.39 is 0 Å². The summed E-state index contributed by atoms with van der Waals surface area (Å²) in [5.74, 6) is 4.78. The first-order chi connectivity index (χ1) is 28.6. The quantitative estimate of drug-likeness (QED) is 0.0344. The van der Waals surface area contributed by atoms with Gasteiger partial charge in [0.05, 0.1) is 12.1 Å². The van der Waals surface area contributed by atoms with Gasteiger partial charge >= 0.3 is 12.0 Å². The van der Waals surface area contributed by atoms with Crippen molar-refractivity contribution in [3.8, 4) is 0 Å². The smallest absolute Gasteiger partial charge is 0.338 e. The predicted molar refractivity (Wildman–Crippen MR) is 248 cm³/mol. The number of nitrogens with zero attached hydrogens (tertiary/aromatic N) is 4. The Bertz CT molecular complexity index is 1610. The van der Waals surface area contributed by atoms with Crippen LogP contribution in [-0.2, 0) is 4.74 Å². The van der Waals surface area contributed by atoms with Crippen LogP contribution in [0, 0.1) is 46.3 Å². The zero-order chi connectivity index (χ0) is 43.9. The molecule has 3 saturated carbocycles. The largest absolute Gasteiger partial charge is 0.458 e. The van der Waals surface area contributed by atoms with Crippen molar-refractivity contribution < 1.29 is 14.3 Å². The molecule has 0 aromatic heterocycles. The Hall–Kier alpha value is -4.09. The van der Waals surface area contributed by atoms with E-state index in [-0.39, 0.29) is 35.4 Å². The third-order valence-corrected chi connectivity index (χ3v) is 13.9. The SMILES string of the molecule is CC(C)C.CCCC(C)C1CCC2C3CC=C4CC(OC(=O)c5ccc(C=NCCNC(=O)N(CCCN=C(N)N)CCCN=C(N)N)cc5)CCC4(C)C3CCC2(C)C1. The van der Waals surface area contributed by atoms with Gasteiger partial charge in [-0.25, -0.2) is 9.59 Å². The first kappa shape index (κ1) is 48.6. The number of allylic oxidation sites excluding steroid dienone is 1. The van der Waals surface area contributed by atoms with Gasteiger partial charge in [0.2, 0.25) is 0 Å². The number of rotatable bonds is 17. The second-order valence-corrected chi connectivity index (χ2v) is 19.5. The van der Waals surface area contributed by atoms with Gasteiger partial charge in [-0.3, -0.25) is 15.0 Å². The van der Waals surface area contributed by atoms with Crippen molar-refractivity contribution in [1.29, 1.82) is 0 Å². The van der Waals surface area contributed by atoms with Gasteiger partial charge in [-0.05, 0) is 128 Å². The summed E-state index contributed by atoms with van der Waals surface area (Å²) in [6, 6.07) is 7.17. The second-order valence-electron chi connectivity index (χ2n) is 19.5. The monoisotopic (exact) mass is 832 g/mol. The Balaban J connectivity index is 0.00000190. The molecular formula is C48H81N9O3. The summed E-state index contributed by atoms with van der Waals surface area (Å²) < 4.78 is 6.15. The number of benzene rings is 1. The number of aliphatic imine (C=N–C) groups is 3. The van der Waals surface area contributed by atoms with Crippen LogP contribution in [0.25, 0.3) is 0 Å². The lowest BCUT2D eigenvalue weighted by atomic mass is 9.44. The Morgan fingerprint density at radius 1 is 0.900 bits per heavy atom. The van der Waals surface area contributed by atoms with Crippen molar-refractivity contribution in [3.05, 3.63) is 47.0 Å². The highest BCUT2D eigenvalue weighted by Crippen LogP contribution is 2.65. The molecule has 0 radical (unpaired) electrons. The van der Waals surface area contributed by atoms with E-state index in [4.69, 9.17) is 27.7 Å². The molecule has 1 aromatic rings. The maximum atomic E-state index is 13.3. The van der Waals surface area contributed by atoms with Crippen molar-refractivity contribution in [1.82, 2.24) is 10.2 Å². The maximum absolute atomic E-state index is 13.3. The summed E-state index contributed by atoms with van der Waals surface area (Å²) in [6.07, 6.45) is 19.2. The summed E-state index contributed by atoms with van der Waals surface area (Å²) in [4.78, 5) is 40.3. The van der Waals surface area contributed by atoms with Gasteiger partial charge in [0.25, 0.3) is 0 Å². The molecule has 0 aliphatic heterocycles. The van der Waals surface area contributed by atoms with Crippen molar-refractivity contribution in [3.63, 3.8) is 0 Å². The van der Waals surface area contributed by atoms with Gasteiger partial charge in [-0.15, -0.1) is 0 Å². The molecule has 0 bridgehead atoms. The van der Waals surface area contributed by atoms with Crippen molar-refractivity contribution in [2.24, 2.45) is 84.2 Å². The number of guanidine groups is 2. The van der Waals surface area contributed by atoms with Gasteiger partial charge < -0.3 is 37.9 Å². The molecule has 0 saturated heterocycles. The van der Waals surface area contributed by atoms with E-state index in [2.05, 4.69) is 74.8 Å². The maximum Gasteiger partial charge on any atom is 0.338 e. The van der Waals surface area contributed by atoms with E-state index >= 15 is 0 Å². The van der Waals surface area contributed by atoms with Crippen LogP contribution in [-0.4, -0.2) is 80.4 Å². The first-order valence-corrected chi connectivity index (χ1v) is 23.2. The molecule has 336 valence electrons. The van der Waals surface area contributed by atoms with E-state index in [0.717, 1.165) is 60.3 Å². The molecule has 12 nitrogen and oxygen atoms in total. The molecule has 8 atom stereocenters. The highest BCUT2D eigenvalue weighted by atomic mass is 16.5. The predicted octanol–water partition coefficient (Wildman–Crippen LogP) is 8.04. The lowest BCUT2D eigenvalue weighted by molar-refractivity contribution is -0.0866. The van der Waals surface area contributed by atoms with Gasteiger partial charge in [0, 0.05) is 45.4 Å². The number of hydrogen-bond donors (Lipinski definition) is 5. The van der Waals surface area contributed by atoms with E-state index in [1.807, 2.05) is 24.3 Å². The number of hydrogen-bond acceptors (Lipinski definition) is 6. The van der Waals surface area contributed by atoms with Crippen molar-refractivity contribution in [2.75, 3.05) is 39.3 Å². The normalized spacial score (nSPS) is 27.5. The fraction of sp³-hybridized carbons (Fsp3) is 0.729. The van der Waals surface area contributed by atoms with Crippen LogP contribution < -0.4 is 28.3 Å². The van der Waals surface area contributed by atoms with E-state index in [9.17, 15) is 9.59 Å². The Labute approximate surface area is 362 Å². The van der Waals surface area contributed by atoms with Gasteiger partial charge in [-0.1, -0.05) is 85.1 Å². The van der Waals surface area contributed by atoms with Crippen LogP contribution >= 0.6 is 0 Å². The molecule has 12 heteroatoms. The molecule has 0 heterocycles.